The number of aromatic nitrogens is 2. The number of para-hydroxylation sites is 1. The highest BCUT2D eigenvalue weighted by Gasteiger charge is 2.21. The molecule has 0 radical (unpaired) electrons. The third-order valence-electron chi connectivity index (χ3n) is 4.05. The van der Waals surface area contributed by atoms with Crippen LogP contribution >= 0.6 is 11.8 Å². The highest BCUT2D eigenvalue weighted by Crippen LogP contribution is 2.30. The smallest absolute Gasteiger partial charge is 0.262 e. The van der Waals surface area contributed by atoms with Gasteiger partial charge in [0.2, 0.25) is 0 Å². The first-order valence-corrected chi connectivity index (χ1v) is 8.55. The number of rotatable bonds is 4. The molecule has 0 spiro atoms. The molecule has 0 saturated heterocycles. The fourth-order valence-corrected chi connectivity index (χ4v) is 3.82. The quantitative estimate of drug-likeness (QED) is 0.482. The summed E-state index contributed by atoms with van der Waals surface area (Å²) in [5, 5.41) is 1.57. The molecule has 1 saturated carbocycles. The van der Waals surface area contributed by atoms with Crippen molar-refractivity contribution < 1.29 is 0 Å². The van der Waals surface area contributed by atoms with E-state index >= 15 is 0 Å². The average molecular weight is 300 g/mol. The molecular formula is C17H20N2OS. The summed E-state index contributed by atoms with van der Waals surface area (Å²) in [5.41, 5.74) is 0.903. The molecule has 1 aliphatic carbocycles. The summed E-state index contributed by atoms with van der Waals surface area (Å²) < 4.78 is 1.94. The molecule has 3 rings (SSSR count). The predicted molar refractivity (Wildman–Crippen MR) is 89.0 cm³/mol. The molecule has 1 aromatic heterocycles. The van der Waals surface area contributed by atoms with Crippen molar-refractivity contribution in [2.24, 2.45) is 0 Å². The molecule has 0 N–H and O–H groups in total. The summed E-state index contributed by atoms with van der Waals surface area (Å²) in [6.07, 6.45) is 7.72. The molecule has 0 amide bonds. The predicted octanol–water partition coefficient (Wildman–Crippen LogP) is 4.18. The van der Waals surface area contributed by atoms with Crippen molar-refractivity contribution in [3.63, 3.8) is 0 Å². The molecule has 1 heterocycles. The third kappa shape index (κ3) is 2.91. The van der Waals surface area contributed by atoms with Crippen LogP contribution in [-0.4, -0.2) is 15.3 Å². The van der Waals surface area contributed by atoms with Gasteiger partial charge in [0.1, 0.15) is 0 Å². The molecule has 2 aromatic rings. The molecule has 110 valence electrons. The number of thioether (sulfide) groups is 1. The number of benzene rings is 1. The Morgan fingerprint density at radius 1 is 1.29 bits per heavy atom. The molecular weight excluding hydrogens is 280 g/mol. The fourth-order valence-electron chi connectivity index (χ4n) is 3.02. The Morgan fingerprint density at radius 3 is 2.81 bits per heavy atom. The third-order valence-corrected chi connectivity index (χ3v) is 4.99. The largest absolute Gasteiger partial charge is 0.284 e. The van der Waals surface area contributed by atoms with Crippen LogP contribution in [0.2, 0.25) is 0 Å². The Morgan fingerprint density at radius 2 is 2.05 bits per heavy atom. The van der Waals surface area contributed by atoms with Gasteiger partial charge in [-0.15, -0.1) is 6.58 Å². The second-order valence-corrected chi connectivity index (χ2v) is 6.47. The zero-order valence-corrected chi connectivity index (χ0v) is 12.9. The molecule has 0 unspecified atom stereocenters. The van der Waals surface area contributed by atoms with E-state index in [2.05, 4.69) is 6.58 Å². The van der Waals surface area contributed by atoms with Crippen LogP contribution in [0, 0.1) is 0 Å². The normalized spacial score (nSPS) is 16.2. The minimum Gasteiger partial charge on any atom is -0.284 e. The lowest BCUT2D eigenvalue weighted by molar-refractivity contribution is 0.326. The first-order chi connectivity index (χ1) is 10.3. The highest BCUT2D eigenvalue weighted by atomic mass is 32.2. The maximum Gasteiger partial charge on any atom is 0.262 e. The number of hydrogen-bond donors (Lipinski definition) is 0. The van der Waals surface area contributed by atoms with Gasteiger partial charge in [0.05, 0.1) is 10.9 Å². The lowest BCUT2D eigenvalue weighted by Crippen LogP contribution is -2.29. The zero-order chi connectivity index (χ0) is 14.7. The Hall–Kier alpha value is -1.55. The van der Waals surface area contributed by atoms with Crippen molar-refractivity contribution in [2.75, 3.05) is 5.75 Å². The van der Waals surface area contributed by atoms with Crippen molar-refractivity contribution in [1.29, 1.82) is 0 Å². The van der Waals surface area contributed by atoms with E-state index in [1.807, 2.05) is 34.9 Å². The molecule has 1 fully saturated rings. The van der Waals surface area contributed by atoms with E-state index in [0.717, 1.165) is 34.7 Å². The summed E-state index contributed by atoms with van der Waals surface area (Å²) in [4.78, 5) is 17.6. The van der Waals surface area contributed by atoms with Crippen LogP contribution in [0.15, 0.2) is 46.9 Å². The molecule has 4 heteroatoms. The second kappa shape index (κ2) is 6.48. The van der Waals surface area contributed by atoms with Gasteiger partial charge in [0, 0.05) is 11.8 Å². The van der Waals surface area contributed by atoms with Crippen molar-refractivity contribution in [3.05, 3.63) is 47.3 Å². The summed E-state index contributed by atoms with van der Waals surface area (Å²) in [5.74, 6) is 0.775. The average Bonchev–Trinajstić information content (AvgIpc) is 2.54. The van der Waals surface area contributed by atoms with E-state index in [9.17, 15) is 4.79 Å². The van der Waals surface area contributed by atoms with Crippen LogP contribution in [-0.2, 0) is 0 Å². The van der Waals surface area contributed by atoms with Crippen LogP contribution in [0.5, 0.6) is 0 Å². The first-order valence-electron chi connectivity index (χ1n) is 7.56. The maximum absolute atomic E-state index is 12.9. The molecule has 0 aliphatic heterocycles. The Kier molecular flexibility index (Phi) is 4.44. The monoisotopic (exact) mass is 300 g/mol. The van der Waals surface area contributed by atoms with Crippen LogP contribution in [0.1, 0.15) is 38.1 Å². The number of fused-ring (bicyclic) bond motifs is 1. The van der Waals surface area contributed by atoms with Crippen LogP contribution in [0.25, 0.3) is 10.9 Å². The van der Waals surface area contributed by atoms with Crippen LogP contribution in [0.4, 0.5) is 0 Å². The maximum atomic E-state index is 12.9. The molecule has 21 heavy (non-hydrogen) atoms. The molecule has 0 bridgehead atoms. The molecule has 0 atom stereocenters. The molecule has 1 aliphatic rings. The van der Waals surface area contributed by atoms with Crippen LogP contribution in [0.3, 0.4) is 0 Å². The van der Waals surface area contributed by atoms with Crippen molar-refractivity contribution in [1.82, 2.24) is 9.55 Å². The lowest BCUT2D eigenvalue weighted by Gasteiger charge is -2.26. The van der Waals surface area contributed by atoms with E-state index in [1.54, 1.807) is 11.8 Å². The van der Waals surface area contributed by atoms with Gasteiger partial charge in [0.15, 0.2) is 5.16 Å². The SMILES string of the molecule is C=CCSc1nc2ccccc2c(=O)n1C1CCCCC1. The van der Waals surface area contributed by atoms with Gasteiger partial charge in [-0.2, -0.15) is 0 Å². The van der Waals surface area contributed by atoms with E-state index < -0.39 is 0 Å². The van der Waals surface area contributed by atoms with Crippen molar-refractivity contribution in [2.45, 2.75) is 43.3 Å². The first kappa shape index (κ1) is 14.4. The summed E-state index contributed by atoms with van der Waals surface area (Å²) in [6.45, 7) is 3.77. The highest BCUT2D eigenvalue weighted by molar-refractivity contribution is 7.99. The minimum atomic E-state index is 0.110. The minimum absolute atomic E-state index is 0.110. The van der Waals surface area contributed by atoms with E-state index in [0.29, 0.717) is 6.04 Å². The molecule has 3 nitrogen and oxygen atoms in total. The topological polar surface area (TPSA) is 34.9 Å². The van der Waals surface area contributed by atoms with E-state index in [1.165, 1.54) is 19.3 Å². The lowest BCUT2D eigenvalue weighted by atomic mass is 9.95. The van der Waals surface area contributed by atoms with Gasteiger partial charge in [-0.25, -0.2) is 4.98 Å². The van der Waals surface area contributed by atoms with Gasteiger partial charge in [-0.05, 0) is 25.0 Å². The Bertz CT molecular complexity index is 701. The van der Waals surface area contributed by atoms with Gasteiger partial charge >= 0.3 is 0 Å². The van der Waals surface area contributed by atoms with Gasteiger partial charge in [-0.3, -0.25) is 9.36 Å². The van der Waals surface area contributed by atoms with Gasteiger partial charge < -0.3 is 0 Å². The number of hydrogen-bond acceptors (Lipinski definition) is 3. The second-order valence-electron chi connectivity index (χ2n) is 5.48. The summed E-state index contributed by atoms with van der Waals surface area (Å²) >= 11 is 1.60. The summed E-state index contributed by atoms with van der Waals surface area (Å²) in [7, 11) is 0. The molecule has 1 aromatic carbocycles. The summed E-state index contributed by atoms with van der Waals surface area (Å²) in [6, 6.07) is 7.94. The van der Waals surface area contributed by atoms with Gasteiger partial charge in [0.25, 0.3) is 5.56 Å². The van der Waals surface area contributed by atoms with Crippen LogP contribution < -0.4 is 5.56 Å². The zero-order valence-electron chi connectivity index (χ0n) is 12.1. The number of nitrogens with zero attached hydrogens (tertiary/aromatic N) is 2. The Balaban J connectivity index is 2.15. The Labute approximate surface area is 129 Å². The van der Waals surface area contributed by atoms with Crippen molar-refractivity contribution in [3.8, 4) is 0 Å². The van der Waals surface area contributed by atoms with Crippen molar-refractivity contribution >= 4 is 22.7 Å². The fraction of sp³-hybridized carbons (Fsp3) is 0.412. The van der Waals surface area contributed by atoms with Gasteiger partial charge in [-0.1, -0.05) is 49.2 Å². The van der Waals surface area contributed by atoms with E-state index in [-0.39, 0.29) is 5.56 Å². The standard InChI is InChI=1S/C17H20N2OS/c1-2-12-21-17-18-15-11-7-6-10-14(15)16(20)19(17)13-8-4-3-5-9-13/h2,6-7,10-11,13H,1,3-5,8-9,12H2. The van der Waals surface area contributed by atoms with E-state index in [4.69, 9.17) is 4.98 Å².